The van der Waals surface area contributed by atoms with E-state index in [1.165, 1.54) is 5.52 Å². The Balaban J connectivity index is 1.49. The van der Waals surface area contributed by atoms with Crippen LogP contribution in [0.1, 0.15) is 12.7 Å². The topological polar surface area (TPSA) is 94.1 Å². The lowest BCUT2D eigenvalue weighted by Crippen LogP contribution is -2.40. The average Bonchev–Trinajstić information content (AvgIpc) is 3.26. The van der Waals surface area contributed by atoms with Crippen LogP contribution in [0.5, 0.6) is 0 Å². The normalized spacial score (nSPS) is 19.9. The van der Waals surface area contributed by atoms with Crippen LogP contribution in [0.3, 0.4) is 0 Å². The number of aryl methyl sites for hydroxylation is 1. The highest BCUT2D eigenvalue weighted by molar-refractivity contribution is 5.75. The number of anilines is 2. The lowest BCUT2D eigenvalue weighted by molar-refractivity contribution is 0.0963. The number of hydrogen-bond acceptors (Lipinski definition) is 7. The minimum atomic E-state index is 0.0700. The number of fused-ring (bicyclic) bond motifs is 1. The van der Waals surface area contributed by atoms with Crippen molar-refractivity contribution >= 4 is 22.8 Å². The highest BCUT2D eigenvalue weighted by atomic mass is 16.5. The van der Waals surface area contributed by atoms with Gasteiger partial charge >= 0.3 is 0 Å². The Bertz CT molecular complexity index is 925. The predicted octanol–water partition coefficient (Wildman–Crippen LogP) is 1.42. The van der Waals surface area contributed by atoms with Crippen molar-refractivity contribution in [3.05, 3.63) is 42.4 Å². The Morgan fingerprint density at radius 2 is 2.07 bits per heavy atom. The zero-order chi connectivity index (χ0) is 18.8. The van der Waals surface area contributed by atoms with Crippen molar-refractivity contribution in [2.24, 2.45) is 0 Å². The number of hydrogen-bond donors (Lipinski definition) is 2. The summed E-state index contributed by atoms with van der Waals surface area (Å²) in [6.45, 7) is 5.28. The molecular formula is C19H25N7O. The fourth-order valence-corrected chi connectivity index (χ4v) is 3.77. The molecule has 8 heteroatoms. The van der Waals surface area contributed by atoms with Crippen LogP contribution in [-0.4, -0.2) is 51.9 Å². The summed E-state index contributed by atoms with van der Waals surface area (Å²) in [7, 11) is 1.75. The molecule has 4 rings (SSSR count). The van der Waals surface area contributed by atoms with Crippen LogP contribution in [0.25, 0.3) is 11.0 Å². The second-order valence-electron chi connectivity index (χ2n) is 6.70. The fraction of sp³-hybridized carbons (Fsp3) is 0.421. The Kier molecular flexibility index (Phi) is 4.91. The van der Waals surface area contributed by atoms with Gasteiger partial charge in [0, 0.05) is 32.9 Å². The summed E-state index contributed by atoms with van der Waals surface area (Å²) >= 11 is 0. The predicted molar refractivity (Wildman–Crippen MR) is 105 cm³/mol. The van der Waals surface area contributed by atoms with Crippen molar-refractivity contribution in [3.8, 4) is 0 Å². The van der Waals surface area contributed by atoms with E-state index in [4.69, 9.17) is 15.5 Å². The molecule has 1 saturated heterocycles. The van der Waals surface area contributed by atoms with Crippen LogP contribution in [-0.2, 0) is 17.8 Å². The molecule has 0 amide bonds. The van der Waals surface area contributed by atoms with Gasteiger partial charge in [0.1, 0.15) is 11.6 Å². The number of imidazole rings is 1. The molecule has 3 heterocycles. The second-order valence-corrected chi connectivity index (χ2v) is 6.70. The summed E-state index contributed by atoms with van der Waals surface area (Å²) in [6, 6.07) is 10.3. The molecule has 142 valence electrons. The number of methoxy groups -OCH3 is 1. The van der Waals surface area contributed by atoms with E-state index >= 15 is 0 Å². The van der Waals surface area contributed by atoms with Gasteiger partial charge in [0.05, 0.1) is 29.7 Å². The largest absolute Gasteiger partial charge is 0.378 e. The number of nitrogens with two attached hydrogens (primary N) is 1. The first kappa shape index (κ1) is 17.7. The number of ether oxygens (including phenoxy) is 1. The number of para-hydroxylation sites is 2. The van der Waals surface area contributed by atoms with Gasteiger partial charge in [-0.1, -0.05) is 12.1 Å². The van der Waals surface area contributed by atoms with Crippen molar-refractivity contribution in [1.82, 2.24) is 24.8 Å². The molecule has 0 saturated carbocycles. The highest BCUT2D eigenvalue weighted by Crippen LogP contribution is 2.21. The molecule has 0 radical (unpaired) electrons. The van der Waals surface area contributed by atoms with Gasteiger partial charge in [-0.15, -0.1) is 0 Å². The molecule has 0 aliphatic carbocycles. The van der Waals surface area contributed by atoms with Gasteiger partial charge in [-0.05, 0) is 25.1 Å². The number of benzene rings is 1. The zero-order valence-electron chi connectivity index (χ0n) is 15.7. The highest BCUT2D eigenvalue weighted by Gasteiger charge is 2.33. The van der Waals surface area contributed by atoms with E-state index in [-0.39, 0.29) is 18.1 Å². The van der Waals surface area contributed by atoms with E-state index in [2.05, 4.69) is 49.9 Å². The summed E-state index contributed by atoms with van der Waals surface area (Å²) in [5.41, 5.74) is 7.93. The molecule has 1 aliphatic rings. The minimum absolute atomic E-state index is 0.0700. The van der Waals surface area contributed by atoms with Crippen LogP contribution in [0, 0.1) is 0 Å². The van der Waals surface area contributed by atoms with Gasteiger partial charge in [-0.25, -0.2) is 9.97 Å². The fourth-order valence-electron chi connectivity index (χ4n) is 3.77. The molecule has 27 heavy (non-hydrogen) atoms. The van der Waals surface area contributed by atoms with Gasteiger partial charge in [0.2, 0.25) is 5.95 Å². The lowest BCUT2D eigenvalue weighted by Gasteiger charge is -2.18. The van der Waals surface area contributed by atoms with Crippen molar-refractivity contribution in [1.29, 1.82) is 0 Å². The molecule has 0 spiro atoms. The van der Waals surface area contributed by atoms with Crippen molar-refractivity contribution in [2.75, 3.05) is 30.8 Å². The van der Waals surface area contributed by atoms with Crippen molar-refractivity contribution < 1.29 is 4.74 Å². The molecular weight excluding hydrogens is 342 g/mol. The molecule has 8 nitrogen and oxygen atoms in total. The maximum Gasteiger partial charge on any atom is 0.221 e. The van der Waals surface area contributed by atoms with E-state index < -0.39 is 0 Å². The molecule has 2 atom stereocenters. The third-order valence-electron chi connectivity index (χ3n) is 5.12. The van der Waals surface area contributed by atoms with Crippen LogP contribution in [0.4, 0.5) is 11.8 Å². The van der Waals surface area contributed by atoms with E-state index in [9.17, 15) is 0 Å². The van der Waals surface area contributed by atoms with E-state index in [1.807, 2.05) is 12.1 Å². The molecule has 0 unspecified atom stereocenters. The summed E-state index contributed by atoms with van der Waals surface area (Å²) in [6.07, 6.45) is 1.75. The van der Waals surface area contributed by atoms with Crippen molar-refractivity contribution in [3.63, 3.8) is 0 Å². The standard InChI is InChI=1S/C19H25N7O/c1-3-26-15-7-5-4-6-13(15)23-18(26)10-22-14-11-25(12-16(14)27-2)17-8-9-21-19(20)24-17/h4-9,14,16,22H,3,10-12H2,1-2H3,(H2,20,21,24)/t14-,16+/m1/s1. The van der Waals surface area contributed by atoms with E-state index in [0.29, 0.717) is 6.54 Å². The average molecular weight is 367 g/mol. The number of nitrogen functional groups attached to an aromatic ring is 1. The Morgan fingerprint density at radius 1 is 1.22 bits per heavy atom. The maximum absolute atomic E-state index is 5.72. The van der Waals surface area contributed by atoms with Crippen LogP contribution >= 0.6 is 0 Å². The quantitative estimate of drug-likeness (QED) is 0.680. The first-order valence-corrected chi connectivity index (χ1v) is 9.23. The Morgan fingerprint density at radius 3 is 2.85 bits per heavy atom. The van der Waals surface area contributed by atoms with Gasteiger partial charge in [0.25, 0.3) is 0 Å². The lowest BCUT2D eigenvalue weighted by atomic mass is 10.2. The van der Waals surface area contributed by atoms with Gasteiger partial charge in [-0.3, -0.25) is 0 Å². The van der Waals surface area contributed by atoms with E-state index in [1.54, 1.807) is 13.3 Å². The SMILES string of the molecule is CCn1c(CN[C@@H]2CN(c3ccnc(N)n3)C[C@@H]2OC)nc2ccccc21. The molecule has 0 bridgehead atoms. The number of nitrogens with one attached hydrogen (secondary N) is 1. The number of nitrogens with zero attached hydrogens (tertiary/aromatic N) is 5. The first-order chi connectivity index (χ1) is 13.2. The molecule has 1 aromatic carbocycles. The third-order valence-corrected chi connectivity index (χ3v) is 5.12. The molecule has 3 N–H and O–H groups in total. The van der Waals surface area contributed by atoms with Gasteiger partial charge in [0.15, 0.2) is 0 Å². The monoisotopic (exact) mass is 367 g/mol. The molecule has 1 fully saturated rings. The smallest absolute Gasteiger partial charge is 0.221 e. The Hall–Kier alpha value is -2.71. The maximum atomic E-state index is 5.72. The summed E-state index contributed by atoms with van der Waals surface area (Å²) in [5.74, 6) is 2.16. The summed E-state index contributed by atoms with van der Waals surface area (Å²) < 4.78 is 7.96. The third kappa shape index (κ3) is 3.45. The number of aromatic nitrogens is 4. The van der Waals surface area contributed by atoms with Crippen molar-refractivity contribution in [2.45, 2.75) is 32.2 Å². The van der Waals surface area contributed by atoms with Gasteiger partial charge in [-0.2, -0.15) is 4.98 Å². The van der Waals surface area contributed by atoms with Gasteiger partial charge < -0.3 is 25.3 Å². The van der Waals surface area contributed by atoms with Crippen LogP contribution < -0.4 is 16.0 Å². The zero-order valence-corrected chi connectivity index (χ0v) is 15.7. The van der Waals surface area contributed by atoms with Crippen LogP contribution in [0.2, 0.25) is 0 Å². The molecule has 3 aromatic rings. The number of rotatable bonds is 6. The van der Waals surface area contributed by atoms with Crippen LogP contribution in [0.15, 0.2) is 36.5 Å². The molecule has 1 aliphatic heterocycles. The van der Waals surface area contributed by atoms with E-state index in [0.717, 1.165) is 36.8 Å². The minimum Gasteiger partial charge on any atom is -0.378 e. The Labute approximate surface area is 158 Å². The first-order valence-electron chi connectivity index (χ1n) is 9.23. The summed E-state index contributed by atoms with van der Waals surface area (Å²) in [5, 5.41) is 3.62. The second kappa shape index (κ2) is 7.50. The molecule has 2 aromatic heterocycles. The summed E-state index contributed by atoms with van der Waals surface area (Å²) in [4.78, 5) is 15.3.